The molecule has 0 fully saturated rings. The van der Waals surface area contributed by atoms with Crippen molar-refractivity contribution < 1.29 is 15.6 Å². The molecule has 0 spiro atoms. The first-order chi connectivity index (χ1) is 11.1. The van der Waals surface area contributed by atoms with Gasteiger partial charge in [0.25, 0.3) is 0 Å². The molecule has 135 valence electrons. The van der Waals surface area contributed by atoms with Crippen molar-refractivity contribution >= 4 is 22.9 Å². The summed E-state index contributed by atoms with van der Waals surface area (Å²) >= 11 is -4.06. The Hall–Kier alpha value is 0.640. The summed E-state index contributed by atoms with van der Waals surface area (Å²) in [5, 5.41) is 0. The van der Waals surface area contributed by atoms with Crippen LogP contribution >= 0.6 is 17.0 Å². The molecule has 0 aromatic heterocycles. The van der Waals surface area contributed by atoms with E-state index >= 15 is 0 Å². The monoisotopic (exact) mass is 461 g/mol. The molecule has 2 unspecified atom stereocenters. The van der Waals surface area contributed by atoms with Gasteiger partial charge in [0.2, 0.25) is 0 Å². The van der Waals surface area contributed by atoms with E-state index in [4.69, 9.17) is 17.0 Å². The molecule has 2 atom stereocenters. The molecule has 0 aromatic carbocycles. The van der Waals surface area contributed by atoms with E-state index in [1.54, 1.807) is 0 Å². The predicted octanol–water partition coefficient (Wildman–Crippen LogP) is 7.92. The van der Waals surface area contributed by atoms with Crippen LogP contribution in [0.1, 0.15) is 53.4 Å². The van der Waals surface area contributed by atoms with Crippen LogP contribution < -0.4 is 0 Å². The second-order valence-electron chi connectivity index (χ2n) is 8.10. The molecule has 0 nitrogen and oxygen atoms in total. The normalized spacial score (nSPS) is 26.0. The molecule has 0 aliphatic heterocycles. The van der Waals surface area contributed by atoms with Crippen LogP contribution in [0, 0.1) is 0 Å². The fourth-order valence-corrected chi connectivity index (χ4v) is 33.5. The molecule has 0 saturated heterocycles. The Labute approximate surface area is 157 Å². The fourth-order valence-electron chi connectivity index (χ4n) is 4.57. The topological polar surface area (TPSA) is 0 Å². The van der Waals surface area contributed by atoms with E-state index in [0.29, 0.717) is 7.25 Å². The summed E-state index contributed by atoms with van der Waals surface area (Å²) in [6.07, 6.45) is 14.2. The van der Waals surface area contributed by atoms with Gasteiger partial charge in [-0.2, -0.15) is 0 Å². The molecule has 2 rings (SSSR count). The van der Waals surface area contributed by atoms with Gasteiger partial charge in [0.05, 0.1) is 0 Å². The van der Waals surface area contributed by atoms with E-state index < -0.39 is 21.5 Å². The van der Waals surface area contributed by atoms with Crippen molar-refractivity contribution in [2.45, 2.75) is 73.7 Å². The van der Waals surface area contributed by atoms with Gasteiger partial charge in [-0.25, -0.2) is 0 Å². The van der Waals surface area contributed by atoms with Gasteiger partial charge in [0, 0.05) is 0 Å². The summed E-state index contributed by atoms with van der Waals surface area (Å²) in [5.41, 5.74) is 5.75. The second kappa shape index (κ2) is 7.71. The molecule has 2 aliphatic rings. The summed E-state index contributed by atoms with van der Waals surface area (Å²) in [6, 6.07) is 0. The molecule has 2 aliphatic carbocycles. The minimum absolute atomic E-state index is 0.341. The number of halogens is 2. The molecule has 0 bridgehead atoms. The first-order valence-corrected chi connectivity index (χ1v) is 25.8. The Bertz CT molecular complexity index is 578. The van der Waals surface area contributed by atoms with E-state index in [9.17, 15) is 0 Å². The summed E-state index contributed by atoms with van der Waals surface area (Å²) in [5.74, 6) is -1.23. The third-order valence-electron chi connectivity index (χ3n) is 5.85. The van der Waals surface area contributed by atoms with Crippen molar-refractivity contribution in [3.63, 3.8) is 0 Å². The standard InChI is InChI=1S/2C9H13.C2H7Si.2ClH.Zr/c2*1-3-4-9-6-5-8(2)7-9;1-3-2;;;/h2*5-7H,3-4H2,1-2H3;3H,1-2H3;2*1H;/q;;;;;+2/p-2. The van der Waals surface area contributed by atoms with Crippen molar-refractivity contribution in [1.82, 2.24) is 0 Å². The predicted molar refractivity (Wildman–Crippen MR) is 112 cm³/mol. The first kappa shape index (κ1) is 20.9. The van der Waals surface area contributed by atoms with Crippen molar-refractivity contribution in [3.8, 4) is 0 Å². The molecule has 0 saturated carbocycles. The third-order valence-corrected chi connectivity index (χ3v) is 58.1. The van der Waals surface area contributed by atoms with Crippen molar-refractivity contribution in [3.05, 3.63) is 46.6 Å². The van der Waals surface area contributed by atoms with Crippen LogP contribution in [0.4, 0.5) is 0 Å². The van der Waals surface area contributed by atoms with Gasteiger partial charge >= 0.3 is 159 Å². The molecule has 4 heteroatoms. The molecule has 0 amide bonds. The number of hydrogen-bond donors (Lipinski definition) is 0. The zero-order valence-electron chi connectivity index (χ0n) is 16.1. The maximum atomic E-state index is 7.80. The van der Waals surface area contributed by atoms with Crippen molar-refractivity contribution in [2.75, 3.05) is 0 Å². The average molecular weight is 464 g/mol. The summed E-state index contributed by atoms with van der Waals surface area (Å²) in [6.45, 7) is 13.7. The molecule has 0 heterocycles. The van der Waals surface area contributed by atoms with E-state index in [1.807, 2.05) is 0 Å². The summed E-state index contributed by atoms with van der Waals surface area (Å²) in [7, 11) is 15.6. The molecule has 24 heavy (non-hydrogen) atoms. The van der Waals surface area contributed by atoms with Crippen LogP contribution in [-0.4, -0.2) is 5.92 Å². The minimum atomic E-state index is -4.06. The first-order valence-electron chi connectivity index (χ1n) is 9.50. The number of allylic oxidation sites excluding steroid dienone is 8. The average Bonchev–Trinajstić information content (AvgIpc) is 3.04. The Kier molecular flexibility index (Phi) is 6.73. The van der Waals surface area contributed by atoms with Crippen molar-refractivity contribution in [1.29, 1.82) is 0 Å². The quantitative estimate of drug-likeness (QED) is 0.336. The van der Waals surface area contributed by atoms with Gasteiger partial charge in [-0.15, -0.1) is 0 Å². The van der Waals surface area contributed by atoms with Crippen LogP contribution in [0.15, 0.2) is 46.6 Å². The zero-order valence-corrected chi connectivity index (χ0v) is 21.3. The van der Waals surface area contributed by atoms with E-state index in [0.717, 1.165) is 12.8 Å². The van der Waals surface area contributed by atoms with Gasteiger partial charge in [0.15, 0.2) is 0 Å². The maximum absolute atomic E-state index is 7.80. The Balaban J connectivity index is 2.58. The summed E-state index contributed by atoms with van der Waals surface area (Å²) in [4.78, 5) is 0. The van der Waals surface area contributed by atoms with Crippen LogP contribution in [0.3, 0.4) is 0 Å². The van der Waals surface area contributed by atoms with E-state index in [-0.39, 0.29) is 0 Å². The number of hydrogen-bond acceptors (Lipinski definition) is 0. The number of rotatable bonds is 7. The SMILES string of the molecule is CCCC1=CC(C)=C[CH]1[Zr]([Cl])([Cl])([CH]1C=C(C)C=C1CCC)[SiH](C)C. The molecule has 0 radical (unpaired) electrons. The van der Waals surface area contributed by atoms with Crippen LogP contribution in [0.5, 0.6) is 0 Å². The van der Waals surface area contributed by atoms with Gasteiger partial charge in [-0.05, 0) is 0 Å². The van der Waals surface area contributed by atoms with Crippen LogP contribution in [0.2, 0.25) is 20.3 Å². The van der Waals surface area contributed by atoms with E-state index in [2.05, 4.69) is 65.1 Å². The van der Waals surface area contributed by atoms with Crippen LogP contribution in [-0.2, 0) is 15.6 Å². The Morgan fingerprint density at radius 1 is 0.875 bits per heavy atom. The molecule has 0 aromatic rings. The third kappa shape index (κ3) is 3.55. The van der Waals surface area contributed by atoms with Crippen LogP contribution in [0.25, 0.3) is 0 Å². The van der Waals surface area contributed by atoms with Crippen molar-refractivity contribution in [2.24, 2.45) is 0 Å². The van der Waals surface area contributed by atoms with Gasteiger partial charge in [-0.1, -0.05) is 0 Å². The Morgan fingerprint density at radius 3 is 1.54 bits per heavy atom. The van der Waals surface area contributed by atoms with Gasteiger partial charge in [-0.3, -0.25) is 0 Å². The zero-order chi connectivity index (χ0) is 18.1. The van der Waals surface area contributed by atoms with Gasteiger partial charge in [0.1, 0.15) is 0 Å². The van der Waals surface area contributed by atoms with Gasteiger partial charge < -0.3 is 0 Å². The molecule has 0 N–H and O–H groups in total. The Morgan fingerprint density at radius 2 is 1.25 bits per heavy atom. The molecular formula is C20H33Cl2SiZr. The fraction of sp³-hybridized carbons (Fsp3) is 0.600. The second-order valence-corrected chi connectivity index (χ2v) is 50.8. The summed E-state index contributed by atoms with van der Waals surface area (Å²) < 4.78 is 0.683. The molecular weight excluding hydrogens is 430 g/mol. The van der Waals surface area contributed by atoms with E-state index in [1.165, 1.54) is 35.1 Å².